The first-order valence-electron chi connectivity index (χ1n) is 7.48. The number of aliphatic hydroxyl groups excluding tert-OH is 1. The van der Waals surface area contributed by atoms with Gasteiger partial charge in [0, 0.05) is 19.1 Å². The molecule has 0 fully saturated rings. The first kappa shape index (κ1) is 18.0. The van der Waals surface area contributed by atoms with Crippen LogP contribution < -0.4 is 5.32 Å². The molecule has 0 aliphatic heterocycles. The number of hydrogen-bond donors (Lipinski definition) is 2. The van der Waals surface area contributed by atoms with Crippen LogP contribution in [0.2, 0.25) is 0 Å². The zero-order chi connectivity index (χ0) is 15.7. The topological polar surface area (TPSA) is 35.5 Å². The number of benzene rings is 1. The van der Waals surface area contributed by atoms with Crippen molar-refractivity contribution in [1.82, 2.24) is 10.2 Å². The predicted molar refractivity (Wildman–Crippen MR) is 81.7 cm³/mol. The van der Waals surface area contributed by atoms with E-state index in [1.54, 1.807) is 4.90 Å². The van der Waals surface area contributed by atoms with E-state index < -0.39 is 6.43 Å². The molecule has 1 atom stereocenters. The van der Waals surface area contributed by atoms with Crippen molar-refractivity contribution in [3.8, 4) is 0 Å². The molecule has 0 amide bonds. The fraction of sp³-hybridized carbons (Fsp3) is 0.625. The third-order valence-corrected chi connectivity index (χ3v) is 3.44. The Balaban J connectivity index is 2.64. The first-order valence-corrected chi connectivity index (χ1v) is 7.48. The molecule has 0 radical (unpaired) electrons. The summed E-state index contributed by atoms with van der Waals surface area (Å²) < 4.78 is 25.0. The van der Waals surface area contributed by atoms with Gasteiger partial charge in [-0.15, -0.1) is 0 Å². The third kappa shape index (κ3) is 6.98. The van der Waals surface area contributed by atoms with Crippen LogP contribution in [0.25, 0.3) is 0 Å². The number of aliphatic hydroxyl groups is 1. The molecule has 1 rings (SSSR count). The SMILES string of the molecule is CCNC(CCN(CCO)CC(F)F)c1cccc(C)c1. The van der Waals surface area contributed by atoms with Crippen LogP contribution in [0.15, 0.2) is 24.3 Å². The van der Waals surface area contributed by atoms with Crippen molar-refractivity contribution >= 4 is 0 Å². The Morgan fingerprint density at radius 3 is 2.62 bits per heavy atom. The highest BCUT2D eigenvalue weighted by atomic mass is 19.3. The van der Waals surface area contributed by atoms with E-state index in [4.69, 9.17) is 5.11 Å². The molecule has 0 aliphatic carbocycles. The normalized spacial score (nSPS) is 13.1. The van der Waals surface area contributed by atoms with Gasteiger partial charge in [0.25, 0.3) is 6.43 Å². The van der Waals surface area contributed by atoms with Gasteiger partial charge in [-0.2, -0.15) is 0 Å². The van der Waals surface area contributed by atoms with Crippen LogP contribution in [0.3, 0.4) is 0 Å². The van der Waals surface area contributed by atoms with Crippen molar-refractivity contribution in [3.63, 3.8) is 0 Å². The highest BCUT2D eigenvalue weighted by Gasteiger charge is 2.15. The lowest BCUT2D eigenvalue weighted by Crippen LogP contribution is -2.35. The molecule has 0 aliphatic rings. The van der Waals surface area contributed by atoms with Crippen molar-refractivity contribution < 1.29 is 13.9 Å². The van der Waals surface area contributed by atoms with E-state index in [-0.39, 0.29) is 25.7 Å². The minimum absolute atomic E-state index is 0.0942. The summed E-state index contributed by atoms with van der Waals surface area (Å²) in [5.74, 6) is 0. The minimum Gasteiger partial charge on any atom is -0.395 e. The molecule has 0 aromatic heterocycles. The summed E-state index contributed by atoms with van der Waals surface area (Å²) in [6, 6.07) is 8.38. The van der Waals surface area contributed by atoms with E-state index in [2.05, 4.69) is 17.4 Å². The van der Waals surface area contributed by atoms with Crippen molar-refractivity contribution in [3.05, 3.63) is 35.4 Å². The molecule has 2 N–H and O–H groups in total. The van der Waals surface area contributed by atoms with Gasteiger partial charge in [-0.3, -0.25) is 4.90 Å². The number of alkyl halides is 2. The second kappa shape index (κ2) is 9.82. The van der Waals surface area contributed by atoms with Gasteiger partial charge < -0.3 is 10.4 Å². The van der Waals surface area contributed by atoms with Crippen LogP contribution in [0.4, 0.5) is 8.78 Å². The largest absolute Gasteiger partial charge is 0.395 e. The van der Waals surface area contributed by atoms with Crippen LogP contribution in [0.1, 0.15) is 30.5 Å². The van der Waals surface area contributed by atoms with E-state index in [9.17, 15) is 8.78 Å². The zero-order valence-electron chi connectivity index (χ0n) is 12.9. The Kier molecular flexibility index (Phi) is 8.42. The van der Waals surface area contributed by atoms with Gasteiger partial charge in [0.1, 0.15) is 0 Å². The summed E-state index contributed by atoms with van der Waals surface area (Å²) >= 11 is 0. The fourth-order valence-electron chi connectivity index (χ4n) is 2.46. The summed E-state index contributed by atoms with van der Waals surface area (Å²) in [5, 5.41) is 12.4. The molecule has 3 nitrogen and oxygen atoms in total. The molecule has 120 valence electrons. The van der Waals surface area contributed by atoms with Crippen molar-refractivity contribution in [2.24, 2.45) is 0 Å². The Morgan fingerprint density at radius 2 is 2.05 bits per heavy atom. The molecule has 0 saturated heterocycles. The monoisotopic (exact) mass is 300 g/mol. The Hall–Kier alpha value is -1.04. The van der Waals surface area contributed by atoms with Gasteiger partial charge in [0.2, 0.25) is 0 Å². The average molecular weight is 300 g/mol. The van der Waals surface area contributed by atoms with E-state index in [0.29, 0.717) is 6.54 Å². The zero-order valence-corrected chi connectivity index (χ0v) is 12.9. The highest BCUT2D eigenvalue weighted by Crippen LogP contribution is 2.18. The molecule has 21 heavy (non-hydrogen) atoms. The third-order valence-electron chi connectivity index (χ3n) is 3.44. The van der Waals surface area contributed by atoms with Gasteiger partial charge >= 0.3 is 0 Å². The summed E-state index contributed by atoms with van der Waals surface area (Å²) in [7, 11) is 0. The molecule has 5 heteroatoms. The maximum absolute atomic E-state index is 12.5. The highest BCUT2D eigenvalue weighted by molar-refractivity contribution is 5.25. The molecule has 0 bridgehead atoms. The molecule has 1 aromatic carbocycles. The smallest absolute Gasteiger partial charge is 0.251 e. The van der Waals surface area contributed by atoms with Crippen molar-refractivity contribution in [1.29, 1.82) is 0 Å². The predicted octanol–water partition coefficient (Wildman–Crippen LogP) is 2.60. The summed E-state index contributed by atoms with van der Waals surface area (Å²) in [4.78, 5) is 1.62. The van der Waals surface area contributed by atoms with Gasteiger partial charge in [-0.05, 0) is 25.5 Å². The number of rotatable bonds is 10. The van der Waals surface area contributed by atoms with Crippen LogP contribution in [0, 0.1) is 6.92 Å². The summed E-state index contributed by atoms with van der Waals surface area (Å²) in [6.07, 6.45) is -1.63. The molecule has 1 unspecified atom stereocenters. The van der Waals surface area contributed by atoms with Crippen LogP contribution in [-0.2, 0) is 0 Å². The van der Waals surface area contributed by atoms with Gasteiger partial charge in [0.15, 0.2) is 0 Å². The number of nitrogens with one attached hydrogen (secondary N) is 1. The van der Waals surface area contributed by atoms with E-state index in [1.807, 2.05) is 26.0 Å². The Labute approximate surface area is 126 Å². The quantitative estimate of drug-likeness (QED) is 0.697. The van der Waals surface area contributed by atoms with E-state index in [0.717, 1.165) is 13.0 Å². The maximum Gasteiger partial charge on any atom is 0.251 e. The standard InChI is InChI=1S/C16H26F2N2O/c1-3-19-15(14-6-4-5-13(2)11-14)7-8-20(9-10-21)12-16(17)18/h4-6,11,15-16,19,21H,3,7-10,12H2,1-2H3. The molecular formula is C16H26F2N2O. The van der Waals surface area contributed by atoms with Gasteiger partial charge in [-0.25, -0.2) is 8.78 Å². The van der Waals surface area contributed by atoms with Crippen molar-refractivity contribution in [2.45, 2.75) is 32.7 Å². The van der Waals surface area contributed by atoms with Crippen molar-refractivity contribution in [2.75, 3.05) is 32.8 Å². The lowest BCUT2D eigenvalue weighted by Gasteiger charge is -2.25. The van der Waals surface area contributed by atoms with Crippen LogP contribution in [-0.4, -0.2) is 49.2 Å². The van der Waals surface area contributed by atoms with Crippen LogP contribution >= 0.6 is 0 Å². The number of aryl methyl sites for hydroxylation is 1. The molecule has 0 heterocycles. The van der Waals surface area contributed by atoms with E-state index in [1.165, 1.54) is 11.1 Å². The Morgan fingerprint density at radius 1 is 1.29 bits per heavy atom. The summed E-state index contributed by atoms with van der Waals surface area (Å²) in [5.41, 5.74) is 2.37. The number of hydrogen-bond acceptors (Lipinski definition) is 3. The van der Waals surface area contributed by atoms with Gasteiger partial charge in [0.05, 0.1) is 13.2 Å². The lowest BCUT2D eigenvalue weighted by atomic mass is 10.0. The van der Waals surface area contributed by atoms with E-state index >= 15 is 0 Å². The number of halogens is 2. The Bertz CT molecular complexity index is 402. The number of nitrogens with zero attached hydrogens (tertiary/aromatic N) is 1. The molecule has 0 saturated carbocycles. The van der Waals surface area contributed by atoms with Gasteiger partial charge in [-0.1, -0.05) is 36.8 Å². The summed E-state index contributed by atoms with van der Waals surface area (Å²) in [6.45, 7) is 5.35. The lowest BCUT2D eigenvalue weighted by molar-refractivity contribution is 0.0762. The maximum atomic E-state index is 12.5. The molecular weight excluding hydrogens is 274 g/mol. The minimum atomic E-state index is -2.37. The second-order valence-electron chi connectivity index (χ2n) is 5.23. The fourth-order valence-corrected chi connectivity index (χ4v) is 2.46. The average Bonchev–Trinajstić information content (AvgIpc) is 2.43. The second-order valence-corrected chi connectivity index (χ2v) is 5.23. The molecule has 1 aromatic rings. The van der Waals surface area contributed by atoms with Crippen LogP contribution in [0.5, 0.6) is 0 Å². The molecule has 0 spiro atoms. The first-order chi connectivity index (χ1) is 10.1.